The lowest BCUT2D eigenvalue weighted by atomic mass is 10.3. The number of rotatable bonds is 3. The standard InChI is InChI=1S/C16H9ClF3N3S/c17-10-4-6-11(7-5-10)24-14-9-13(16(18,19)20)22-15(23-14)12-3-1-2-8-21-12/h1-9H. The molecule has 0 N–H and O–H groups in total. The van der Waals surface area contributed by atoms with Gasteiger partial charge in [-0.15, -0.1) is 0 Å². The van der Waals surface area contributed by atoms with Gasteiger partial charge in [0.2, 0.25) is 0 Å². The van der Waals surface area contributed by atoms with Crippen molar-refractivity contribution in [2.45, 2.75) is 16.1 Å². The van der Waals surface area contributed by atoms with Gasteiger partial charge >= 0.3 is 6.18 Å². The van der Waals surface area contributed by atoms with Crippen LogP contribution in [0, 0.1) is 0 Å². The van der Waals surface area contributed by atoms with Crippen LogP contribution < -0.4 is 0 Å². The number of hydrogen-bond acceptors (Lipinski definition) is 4. The number of alkyl halides is 3. The van der Waals surface area contributed by atoms with E-state index in [9.17, 15) is 13.2 Å². The first-order chi connectivity index (χ1) is 11.4. The summed E-state index contributed by atoms with van der Waals surface area (Å²) in [4.78, 5) is 12.5. The third-order valence-electron chi connectivity index (χ3n) is 2.92. The van der Waals surface area contributed by atoms with Crippen LogP contribution in [0.5, 0.6) is 0 Å². The van der Waals surface area contributed by atoms with Gasteiger partial charge in [0.1, 0.15) is 16.4 Å². The Morgan fingerprint density at radius 1 is 0.958 bits per heavy atom. The van der Waals surface area contributed by atoms with Crippen molar-refractivity contribution in [3.8, 4) is 11.5 Å². The van der Waals surface area contributed by atoms with Crippen LogP contribution in [0.1, 0.15) is 5.69 Å². The van der Waals surface area contributed by atoms with E-state index < -0.39 is 11.9 Å². The van der Waals surface area contributed by atoms with Gasteiger partial charge in [0.05, 0.1) is 0 Å². The van der Waals surface area contributed by atoms with Gasteiger partial charge in [-0.3, -0.25) is 4.98 Å². The molecule has 8 heteroatoms. The van der Waals surface area contributed by atoms with Crippen molar-refractivity contribution >= 4 is 23.4 Å². The minimum Gasteiger partial charge on any atom is -0.253 e. The Morgan fingerprint density at radius 3 is 2.33 bits per heavy atom. The third-order valence-corrected chi connectivity index (χ3v) is 4.10. The van der Waals surface area contributed by atoms with Crippen LogP contribution >= 0.6 is 23.4 Å². The first-order valence-corrected chi connectivity index (χ1v) is 7.92. The van der Waals surface area contributed by atoms with E-state index in [1.165, 1.54) is 6.20 Å². The zero-order valence-electron chi connectivity index (χ0n) is 12.0. The summed E-state index contributed by atoms with van der Waals surface area (Å²) in [5.74, 6) is -0.0677. The molecule has 0 fully saturated rings. The van der Waals surface area contributed by atoms with Gasteiger partial charge in [0, 0.05) is 22.2 Å². The van der Waals surface area contributed by atoms with Crippen LogP contribution in [0.15, 0.2) is 64.6 Å². The van der Waals surface area contributed by atoms with Gasteiger partial charge in [-0.2, -0.15) is 13.2 Å². The lowest BCUT2D eigenvalue weighted by Crippen LogP contribution is -2.10. The fraction of sp³-hybridized carbons (Fsp3) is 0.0625. The average molecular weight is 368 g/mol. The lowest BCUT2D eigenvalue weighted by molar-refractivity contribution is -0.141. The molecular formula is C16H9ClF3N3S. The van der Waals surface area contributed by atoms with E-state index in [1.54, 1.807) is 42.5 Å². The zero-order chi connectivity index (χ0) is 17.2. The van der Waals surface area contributed by atoms with Crippen LogP contribution in [0.2, 0.25) is 5.02 Å². The fourth-order valence-corrected chi connectivity index (χ4v) is 2.80. The molecule has 0 radical (unpaired) electrons. The van der Waals surface area contributed by atoms with Crippen LogP contribution in [0.3, 0.4) is 0 Å². The van der Waals surface area contributed by atoms with E-state index in [0.29, 0.717) is 5.02 Å². The van der Waals surface area contributed by atoms with Crippen molar-refractivity contribution in [1.82, 2.24) is 15.0 Å². The summed E-state index contributed by atoms with van der Waals surface area (Å²) in [7, 11) is 0. The minimum absolute atomic E-state index is 0.0677. The maximum atomic E-state index is 13.1. The fourth-order valence-electron chi connectivity index (χ4n) is 1.86. The van der Waals surface area contributed by atoms with Crippen molar-refractivity contribution < 1.29 is 13.2 Å². The second kappa shape index (κ2) is 6.78. The van der Waals surface area contributed by atoms with Crippen LogP contribution in [-0.2, 0) is 6.18 Å². The zero-order valence-corrected chi connectivity index (χ0v) is 13.5. The molecular weight excluding hydrogens is 359 g/mol. The van der Waals surface area contributed by atoms with Crippen LogP contribution in [-0.4, -0.2) is 15.0 Å². The molecule has 0 aliphatic heterocycles. The van der Waals surface area contributed by atoms with Crippen molar-refractivity contribution in [2.75, 3.05) is 0 Å². The Balaban J connectivity index is 2.03. The monoisotopic (exact) mass is 367 g/mol. The van der Waals surface area contributed by atoms with Gasteiger partial charge in [0.25, 0.3) is 0 Å². The Hall–Kier alpha value is -2.12. The molecule has 24 heavy (non-hydrogen) atoms. The molecule has 3 aromatic rings. The summed E-state index contributed by atoms with van der Waals surface area (Å²) >= 11 is 6.91. The number of halogens is 4. The highest BCUT2D eigenvalue weighted by Gasteiger charge is 2.34. The molecule has 0 amide bonds. The molecule has 0 saturated heterocycles. The molecule has 2 heterocycles. The Labute approximate surface area is 144 Å². The summed E-state index contributed by atoms with van der Waals surface area (Å²) in [5, 5.41) is 0.729. The van der Waals surface area contributed by atoms with Crippen molar-refractivity contribution in [1.29, 1.82) is 0 Å². The van der Waals surface area contributed by atoms with Gasteiger partial charge < -0.3 is 0 Å². The van der Waals surface area contributed by atoms with Gasteiger partial charge in [-0.25, -0.2) is 9.97 Å². The van der Waals surface area contributed by atoms with Crippen molar-refractivity contribution in [3.63, 3.8) is 0 Å². The quantitative estimate of drug-likeness (QED) is 0.584. The minimum atomic E-state index is -4.57. The molecule has 0 bridgehead atoms. The first kappa shape index (κ1) is 16.7. The highest BCUT2D eigenvalue weighted by molar-refractivity contribution is 7.99. The molecule has 0 aliphatic rings. The number of aromatic nitrogens is 3. The van der Waals surface area contributed by atoms with E-state index in [4.69, 9.17) is 11.6 Å². The second-order valence-corrected chi connectivity index (χ2v) is 6.21. The van der Waals surface area contributed by atoms with E-state index >= 15 is 0 Å². The third kappa shape index (κ3) is 4.04. The normalized spacial score (nSPS) is 11.5. The molecule has 122 valence electrons. The molecule has 1 aromatic carbocycles. The van der Waals surface area contributed by atoms with Gasteiger partial charge in [0.15, 0.2) is 5.82 Å². The predicted molar refractivity (Wildman–Crippen MR) is 85.8 cm³/mol. The SMILES string of the molecule is FC(F)(F)c1cc(Sc2ccc(Cl)cc2)nc(-c2ccccn2)n1. The smallest absolute Gasteiger partial charge is 0.253 e. The van der Waals surface area contributed by atoms with Crippen molar-refractivity contribution in [2.24, 2.45) is 0 Å². The maximum Gasteiger partial charge on any atom is 0.433 e. The summed E-state index contributed by atoms with van der Waals surface area (Å²) in [5.41, 5.74) is -0.726. The molecule has 0 spiro atoms. The summed E-state index contributed by atoms with van der Waals surface area (Å²) in [6, 6.07) is 12.6. The van der Waals surface area contributed by atoms with E-state index in [1.807, 2.05) is 0 Å². The highest BCUT2D eigenvalue weighted by Crippen LogP contribution is 2.34. The lowest BCUT2D eigenvalue weighted by Gasteiger charge is -2.10. The Bertz CT molecular complexity index is 839. The van der Waals surface area contributed by atoms with Gasteiger partial charge in [-0.1, -0.05) is 29.4 Å². The highest BCUT2D eigenvalue weighted by atomic mass is 35.5. The topological polar surface area (TPSA) is 38.7 Å². The number of hydrogen-bond donors (Lipinski definition) is 0. The summed E-state index contributed by atoms with van der Waals surface area (Å²) < 4.78 is 39.4. The van der Waals surface area contributed by atoms with Crippen molar-refractivity contribution in [3.05, 3.63) is 65.4 Å². The number of pyridine rings is 1. The van der Waals surface area contributed by atoms with Crippen LogP contribution in [0.25, 0.3) is 11.5 Å². The molecule has 3 nitrogen and oxygen atoms in total. The first-order valence-electron chi connectivity index (χ1n) is 6.73. The molecule has 0 atom stereocenters. The summed E-state index contributed by atoms with van der Waals surface area (Å²) in [6.45, 7) is 0. The van der Waals surface area contributed by atoms with E-state index in [0.717, 1.165) is 22.7 Å². The van der Waals surface area contributed by atoms with E-state index in [2.05, 4.69) is 15.0 Å². The van der Waals surface area contributed by atoms with E-state index in [-0.39, 0.29) is 16.5 Å². The maximum absolute atomic E-state index is 13.1. The largest absolute Gasteiger partial charge is 0.433 e. The van der Waals surface area contributed by atoms with Crippen LogP contribution in [0.4, 0.5) is 13.2 Å². The number of nitrogens with zero attached hydrogens (tertiary/aromatic N) is 3. The summed E-state index contributed by atoms with van der Waals surface area (Å²) in [6.07, 6.45) is -3.09. The molecule has 3 rings (SSSR count). The molecule has 0 aliphatic carbocycles. The average Bonchev–Trinajstić information content (AvgIpc) is 2.57. The Morgan fingerprint density at radius 2 is 1.71 bits per heavy atom. The predicted octanol–water partition coefficient (Wildman–Crippen LogP) is 5.36. The molecule has 0 saturated carbocycles. The molecule has 2 aromatic heterocycles. The Kier molecular flexibility index (Phi) is 4.73. The second-order valence-electron chi connectivity index (χ2n) is 4.68. The molecule has 0 unspecified atom stereocenters. The van der Waals surface area contributed by atoms with Gasteiger partial charge in [-0.05, 0) is 36.4 Å². The number of benzene rings is 1.